The second kappa shape index (κ2) is 4.61. The predicted octanol–water partition coefficient (Wildman–Crippen LogP) is 0.798. The van der Waals surface area contributed by atoms with Crippen LogP contribution >= 0.6 is 0 Å². The van der Waals surface area contributed by atoms with Gasteiger partial charge >= 0.3 is 0 Å². The van der Waals surface area contributed by atoms with Gasteiger partial charge in [-0.3, -0.25) is 4.79 Å². The maximum atomic E-state index is 13.0. The number of halogens is 1. The second-order valence-corrected chi connectivity index (χ2v) is 4.12. The van der Waals surface area contributed by atoms with Crippen LogP contribution in [0, 0.1) is 5.82 Å². The van der Waals surface area contributed by atoms with Crippen LogP contribution in [0.5, 0.6) is 0 Å². The van der Waals surface area contributed by atoms with Gasteiger partial charge in [-0.1, -0.05) is 12.1 Å². The SMILES string of the molecule is CN1C(=O)CNCC1Cc1cccc(F)c1. The molecule has 1 unspecified atom stereocenters. The van der Waals surface area contributed by atoms with Crippen molar-refractivity contribution in [3.63, 3.8) is 0 Å². The van der Waals surface area contributed by atoms with Gasteiger partial charge in [0.05, 0.1) is 6.54 Å². The number of hydrogen-bond donors (Lipinski definition) is 1. The van der Waals surface area contributed by atoms with Gasteiger partial charge in [-0.25, -0.2) is 4.39 Å². The Kier molecular flexibility index (Phi) is 3.19. The molecule has 0 bridgehead atoms. The van der Waals surface area contributed by atoms with Crippen LogP contribution in [0.25, 0.3) is 0 Å². The second-order valence-electron chi connectivity index (χ2n) is 4.12. The molecule has 1 aliphatic heterocycles. The summed E-state index contributed by atoms with van der Waals surface area (Å²) in [5, 5.41) is 3.06. The number of carbonyl (C=O) groups is 1. The zero-order valence-electron chi connectivity index (χ0n) is 9.24. The van der Waals surface area contributed by atoms with Gasteiger partial charge in [-0.05, 0) is 24.1 Å². The summed E-state index contributed by atoms with van der Waals surface area (Å²) >= 11 is 0. The maximum absolute atomic E-state index is 13.0. The number of rotatable bonds is 2. The lowest BCUT2D eigenvalue weighted by Crippen LogP contribution is -2.53. The van der Waals surface area contributed by atoms with E-state index in [-0.39, 0.29) is 17.8 Å². The first-order valence-corrected chi connectivity index (χ1v) is 5.37. The number of nitrogens with zero attached hydrogens (tertiary/aromatic N) is 1. The average Bonchev–Trinajstić information content (AvgIpc) is 2.25. The molecule has 16 heavy (non-hydrogen) atoms. The molecule has 1 fully saturated rings. The van der Waals surface area contributed by atoms with Crippen molar-refractivity contribution < 1.29 is 9.18 Å². The number of carbonyl (C=O) groups excluding carboxylic acids is 1. The molecule has 0 radical (unpaired) electrons. The first-order chi connectivity index (χ1) is 7.66. The molecule has 0 aromatic heterocycles. The van der Waals surface area contributed by atoms with Crippen molar-refractivity contribution in [1.29, 1.82) is 0 Å². The van der Waals surface area contributed by atoms with Gasteiger partial charge in [0.15, 0.2) is 0 Å². The minimum atomic E-state index is -0.227. The third-order valence-corrected chi connectivity index (χ3v) is 2.96. The highest BCUT2D eigenvalue weighted by Crippen LogP contribution is 2.11. The van der Waals surface area contributed by atoms with Gasteiger partial charge in [0, 0.05) is 19.6 Å². The molecule has 1 heterocycles. The number of hydrogen-bond acceptors (Lipinski definition) is 2. The van der Waals surface area contributed by atoms with Crippen LogP contribution in [0.2, 0.25) is 0 Å². The number of amides is 1. The van der Waals surface area contributed by atoms with Gasteiger partial charge in [-0.15, -0.1) is 0 Å². The Hall–Kier alpha value is -1.42. The van der Waals surface area contributed by atoms with E-state index in [4.69, 9.17) is 0 Å². The maximum Gasteiger partial charge on any atom is 0.236 e. The molecule has 1 aliphatic rings. The zero-order valence-corrected chi connectivity index (χ0v) is 9.24. The molecule has 0 spiro atoms. The summed E-state index contributed by atoms with van der Waals surface area (Å²) < 4.78 is 13.0. The van der Waals surface area contributed by atoms with Crippen LogP contribution in [0.3, 0.4) is 0 Å². The minimum Gasteiger partial charge on any atom is -0.340 e. The molecule has 4 heteroatoms. The Morgan fingerprint density at radius 1 is 1.56 bits per heavy atom. The van der Waals surface area contributed by atoms with Crippen molar-refractivity contribution in [2.45, 2.75) is 12.5 Å². The van der Waals surface area contributed by atoms with E-state index in [1.807, 2.05) is 6.07 Å². The van der Waals surface area contributed by atoms with E-state index in [2.05, 4.69) is 5.32 Å². The molecule has 3 nitrogen and oxygen atoms in total. The quantitative estimate of drug-likeness (QED) is 0.802. The standard InChI is InChI=1S/C12H15FN2O/c1-15-11(7-14-8-12(15)16)6-9-3-2-4-10(13)5-9/h2-5,11,14H,6-8H2,1H3. The van der Waals surface area contributed by atoms with Crippen LogP contribution in [-0.2, 0) is 11.2 Å². The molecular weight excluding hydrogens is 207 g/mol. The molecule has 0 aliphatic carbocycles. The van der Waals surface area contributed by atoms with Crippen molar-refractivity contribution in [2.75, 3.05) is 20.1 Å². The van der Waals surface area contributed by atoms with Crippen LogP contribution in [0.15, 0.2) is 24.3 Å². The number of piperazine rings is 1. The van der Waals surface area contributed by atoms with E-state index >= 15 is 0 Å². The number of likely N-dealkylation sites (N-methyl/N-ethyl adjacent to an activating group) is 1. The highest BCUT2D eigenvalue weighted by Gasteiger charge is 2.24. The molecule has 2 rings (SSSR count). The third-order valence-electron chi connectivity index (χ3n) is 2.96. The zero-order chi connectivity index (χ0) is 11.5. The first kappa shape index (κ1) is 11.1. The van der Waals surface area contributed by atoms with E-state index in [0.29, 0.717) is 13.0 Å². The fourth-order valence-corrected chi connectivity index (χ4v) is 1.96. The minimum absolute atomic E-state index is 0.0904. The number of nitrogens with one attached hydrogen (secondary N) is 1. The van der Waals surface area contributed by atoms with E-state index in [1.54, 1.807) is 18.0 Å². The summed E-state index contributed by atoms with van der Waals surface area (Å²) in [6.45, 7) is 1.16. The lowest BCUT2D eigenvalue weighted by Gasteiger charge is -2.33. The van der Waals surface area contributed by atoms with E-state index < -0.39 is 0 Å². The molecule has 1 aromatic carbocycles. The Morgan fingerprint density at radius 2 is 2.38 bits per heavy atom. The van der Waals surface area contributed by atoms with Gasteiger partial charge in [-0.2, -0.15) is 0 Å². The van der Waals surface area contributed by atoms with E-state index in [0.717, 1.165) is 12.1 Å². The van der Waals surface area contributed by atoms with Crippen LogP contribution in [0.4, 0.5) is 4.39 Å². The molecule has 1 atom stereocenters. The fraction of sp³-hybridized carbons (Fsp3) is 0.417. The van der Waals surface area contributed by atoms with Gasteiger partial charge < -0.3 is 10.2 Å². The molecule has 1 N–H and O–H groups in total. The summed E-state index contributed by atoms with van der Waals surface area (Å²) in [4.78, 5) is 13.2. The molecule has 1 saturated heterocycles. The Labute approximate surface area is 94.3 Å². The summed E-state index contributed by atoms with van der Waals surface area (Å²) in [6.07, 6.45) is 0.688. The molecular formula is C12H15FN2O. The van der Waals surface area contributed by atoms with Crippen LogP contribution in [0.1, 0.15) is 5.56 Å². The van der Waals surface area contributed by atoms with Gasteiger partial charge in [0.25, 0.3) is 0 Å². The van der Waals surface area contributed by atoms with E-state index in [1.165, 1.54) is 12.1 Å². The van der Waals surface area contributed by atoms with Crippen LogP contribution in [-0.4, -0.2) is 37.0 Å². The molecule has 1 amide bonds. The average molecular weight is 222 g/mol. The molecule has 1 aromatic rings. The smallest absolute Gasteiger partial charge is 0.236 e. The Morgan fingerprint density at radius 3 is 3.12 bits per heavy atom. The van der Waals surface area contributed by atoms with Crippen molar-refractivity contribution >= 4 is 5.91 Å². The topological polar surface area (TPSA) is 32.3 Å². The highest BCUT2D eigenvalue weighted by molar-refractivity contribution is 5.79. The van der Waals surface area contributed by atoms with Crippen molar-refractivity contribution in [3.8, 4) is 0 Å². The third kappa shape index (κ3) is 2.39. The monoisotopic (exact) mass is 222 g/mol. The van der Waals surface area contributed by atoms with Crippen molar-refractivity contribution in [2.24, 2.45) is 0 Å². The molecule has 86 valence electrons. The van der Waals surface area contributed by atoms with E-state index in [9.17, 15) is 9.18 Å². The fourth-order valence-electron chi connectivity index (χ4n) is 1.96. The Bertz CT molecular complexity index is 394. The Balaban J connectivity index is 2.06. The summed E-state index contributed by atoms with van der Waals surface area (Å²) in [7, 11) is 1.80. The largest absolute Gasteiger partial charge is 0.340 e. The molecule has 0 saturated carbocycles. The van der Waals surface area contributed by atoms with Gasteiger partial charge in [0.1, 0.15) is 5.82 Å². The predicted molar refractivity (Wildman–Crippen MR) is 59.5 cm³/mol. The summed E-state index contributed by atoms with van der Waals surface area (Å²) in [5.74, 6) is -0.136. The lowest BCUT2D eigenvalue weighted by atomic mass is 10.0. The first-order valence-electron chi connectivity index (χ1n) is 5.37. The highest BCUT2D eigenvalue weighted by atomic mass is 19.1. The summed E-state index contributed by atoms with van der Waals surface area (Å²) in [6, 6.07) is 6.64. The normalized spacial score (nSPS) is 21.2. The van der Waals surface area contributed by atoms with Crippen molar-refractivity contribution in [3.05, 3.63) is 35.6 Å². The number of benzene rings is 1. The summed E-state index contributed by atoms with van der Waals surface area (Å²) in [5.41, 5.74) is 0.924. The lowest BCUT2D eigenvalue weighted by molar-refractivity contribution is -0.133. The van der Waals surface area contributed by atoms with Crippen LogP contribution < -0.4 is 5.32 Å². The van der Waals surface area contributed by atoms with Crippen molar-refractivity contribution in [1.82, 2.24) is 10.2 Å². The van der Waals surface area contributed by atoms with Gasteiger partial charge in [0.2, 0.25) is 5.91 Å².